The summed E-state index contributed by atoms with van der Waals surface area (Å²) in [5.74, 6) is 1.07. The molecule has 2 aliphatic rings. The molecule has 1 heterocycles. The largest absolute Gasteiger partial charge is 0.303 e. The van der Waals surface area contributed by atoms with Crippen LogP contribution in [-0.4, -0.2) is 24.5 Å². The first-order valence-corrected chi connectivity index (χ1v) is 3.56. The molecule has 1 aliphatic carbocycles. The lowest BCUT2D eigenvalue weighted by Gasteiger charge is -2.20. The van der Waals surface area contributed by atoms with E-state index < -0.39 is 0 Å². The van der Waals surface area contributed by atoms with Crippen LogP contribution in [0.3, 0.4) is 0 Å². The van der Waals surface area contributed by atoms with Gasteiger partial charge in [0.05, 0.1) is 0 Å². The van der Waals surface area contributed by atoms with Crippen molar-refractivity contribution in [3.63, 3.8) is 0 Å². The fourth-order valence-corrected chi connectivity index (χ4v) is 2.17. The van der Waals surface area contributed by atoms with Crippen LogP contribution >= 0.6 is 24.0 Å². The number of hydrogen-bond donors (Lipinski definition) is 0. The minimum absolute atomic E-state index is 0. The van der Waals surface area contributed by atoms with Crippen LogP contribution in [-0.2, 0) is 0 Å². The van der Waals surface area contributed by atoms with Crippen molar-refractivity contribution in [3.8, 4) is 0 Å². The van der Waals surface area contributed by atoms with Crippen molar-refractivity contribution < 1.29 is 0 Å². The number of fused-ring (bicyclic) bond motifs is 2. The summed E-state index contributed by atoms with van der Waals surface area (Å²) in [5, 5.41) is 0. The number of halogens is 1. The number of piperidine rings is 1. The monoisotopic (exact) mass is 239 g/mol. The first-order valence-electron chi connectivity index (χ1n) is 3.56. The van der Waals surface area contributed by atoms with Gasteiger partial charge in [-0.2, -0.15) is 0 Å². The lowest BCUT2D eigenvalue weighted by molar-refractivity contribution is 0.261. The van der Waals surface area contributed by atoms with Gasteiger partial charge in [-0.25, -0.2) is 0 Å². The van der Waals surface area contributed by atoms with Crippen molar-refractivity contribution in [2.75, 3.05) is 13.6 Å². The van der Waals surface area contributed by atoms with E-state index in [2.05, 4.69) is 11.9 Å². The molecule has 1 saturated heterocycles. The number of rotatable bonds is 0. The standard InChI is InChI=1S/C7H13N.HI/c1-8-5-6-2-3-7(8)4-6;/h6-7H,2-5H2,1H3;1H/t6?,7-;/m0./s1. The maximum absolute atomic E-state index is 2.51. The molecule has 2 atom stereocenters. The third kappa shape index (κ3) is 1.24. The summed E-state index contributed by atoms with van der Waals surface area (Å²) < 4.78 is 0. The van der Waals surface area contributed by atoms with E-state index in [0.29, 0.717) is 0 Å². The Balaban J connectivity index is 0.000000405. The van der Waals surface area contributed by atoms with Crippen LogP contribution in [0.4, 0.5) is 0 Å². The van der Waals surface area contributed by atoms with Crippen molar-refractivity contribution in [1.29, 1.82) is 0 Å². The zero-order chi connectivity index (χ0) is 5.56. The van der Waals surface area contributed by atoms with Gasteiger partial charge in [0.15, 0.2) is 0 Å². The molecular formula is C7H14IN. The molecule has 1 aliphatic heterocycles. The van der Waals surface area contributed by atoms with Gasteiger partial charge in [0, 0.05) is 12.6 Å². The van der Waals surface area contributed by atoms with E-state index >= 15 is 0 Å². The molecule has 9 heavy (non-hydrogen) atoms. The van der Waals surface area contributed by atoms with Crippen molar-refractivity contribution in [3.05, 3.63) is 0 Å². The van der Waals surface area contributed by atoms with Gasteiger partial charge in [-0.05, 0) is 32.2 Å². The molecule has 2 bridgehead atoms. The highest BCUT2D eigenvalue weighted by Gasteiger charge is 2.34. The molecule has 0 aromatic rings. The van der Waals surface area contributed by atoms with Gasteiger partial charge >= 0.3 is 0 Å². The van der Waals surface area contributed by atoms with Crippen molar-refractivity contribution in [1.82, 2.24) is 4.90 Å². The summed E-state index contributed by atoms with van der Waals surface area (Å²) >= 11 is 0. The van der Waals surface area contributed by atoms with Crippen LogP contribution in [0.25, 0.3) is 0 Å². The smallest absolute Gasteiger partial charge is 0.00955 e. The van der Waals surface area contributed by atoms with Crippen molar-refractivity contribution in [2.24, 2.45) is 5.92 Å². The number of nitrogens with zero attached hydrogens (tertiary/aromatic N) is 1. The highest BCUT2D eigenvalue weighted by atomic mass is 127. The van der Waals surface area contributed by atoms with E-state index in [-0.39, 0.29) is 24.0 Å². The van der Waals surface area contributed by atoms with Gasteiger partial charge < -0.3 is 4.90 Å². The van der Waals surface area contributed by atoms with Crippen LogP contribution in [0.5, 0.6) is 0 Å². The first kappa shape index (κ1) is 7.79. The molecule has 1 nitrogen and oxygen atoms in total. The molecule has 0 aromatic heterocycles. The topological polar surface area (TPSA) is 3.24 Å². The fraction of sp³-hybridized carbons (Fsp3) is 1.00. The zero-order valence-corrected chi connectivity index (χ0v) is 8.17. The van der Waals surface area contributed by atoms with E-state index in [9.17, 15) is 0 Å². The molecule has 2 rings (SSSR count). The van der Waals surface area contributed by atoms with E-state index in [1.165, 1.54) is 25.8 Å². The Morgan fingerprint density at radius 1 is 1.33 bits per heavy atom. The van der Waals surface area contributed by atoms with Gasteiger partial charge in [-0.1, -0.05) is 0 Å². The minimum Gasteiger partial charge on any atom is -0.303 e. The van der Waals surface area contributed by atoms with E-state index in [0.717, 1.165) is 12.0 Å². The molecule has 1 unspecified atom stereocenters. The molecule has 54 valence electrons. The van der Waals surface area contributed by atoms with Crippen LogP contribution in [0.1, 0.15) is 19.3 Å². The lowest BCUT2D eigenvalue weighted by atomic mass is 10.1. The Morgan fingerprint density at radius 2 is 2.11 bits per heavy atom. The van der Waals surface area contributed by atoms with Gasteiger partial charge in [0.2, 0.25) is 0 Å². The van der Waals surface area contributed by atoms with E-state index in [1.54, 1.807) is 0 Å². The quantitative estimate of drug-likeness (QED) is 0.582. The second-order valence-corrected chi connectivity index (χ2v) is 3.27. The predicted molar refractivity (Wildman–Crippen MR) is 49.2 cm³/mol. The molecular weight excluding hydrogens is 225 g/mol. The molecule has 0 spiro atoms. The minimum atomic E-state index is 0. The van der Waals surface area contributed by atoms with E-state index in [1.807, 2.05) is 0 Å². The third-order valence-electron chi connectivity index (χ3n) is 2.68. The number of likely N-dealkylation sites (tertiary alicyclic amines) is 1. The van der Waals surface area contributed by atoms with Gasteiger partial charge in [-0.15, -0.1) is 24.0 Å². The highest BCUT2D eigenvalue weighted by Crippen LogP contribution is 2.35. The average molecular weight is 239 g/mol. The molecule has 0 aromatic carbocycles. The molecule has 1 saturated carbocycles. The Morgan fingerprint density at radius 3 is 2.33 bits per heavy atom. The second-order valence-electron chi connectivity index (χ2n) is 3.27. The Labute approximate surface area is 73.8 Å². The number of hydrogen-bond acceptors (Lipinski definition) is 1. The van der Waals surface area contributed by atoms with Crippen LogP contribution in [0.15, 0.2) is 0 Å². The molecule has 0 radical (unpaired) electrons. The molecule has 0 amide bonds. The normalized spacial score (nSPS) is 41.0. The first-order chi connectivity index (χ1) is 3.86. The van der Waals surface area contributed by atoms with Crippen LogP contribution in [0.2, 0.25) is 0 Å². The van der Waals surface area contributed by atoms with Gasteiger partial charge in [0.1, 0.15) is 0 Å². The summed E-state index contributed by atoms with van der Waals surface area (Å²) in [7, 11) is 2.25. The lowest BCUT2D eigenvalue weighted by Crippen LogP contribution is -2.27. The fourth-order valence-electron chi connectivity index (χ4n) is 2.17. The second kappa shape index (κ2) is 2.74. The predicted octanol–water partition coefficient (Wildman–Crippen LogP) is 1.72. The maximum atomic E-state index is 2.51. The summed E-state index contributed by atoms with van der Waals surface area (Å²) in [4.78, 5) is 2.51. The Bertz CT molecular complexity index is 103. The van der Waals surface area contributed by atoms with Crippen LogP contribution in [0, 0.1) is 5.92 Å². The van der Waals surface area contributed by atoms with Gasteiger partial charge in [-0.3, -0.25) is 0 Å². The van der Waals surface area contributed by atoms with E-state index in [4.69, 9.17) is 0 Å². The third-order valence-corrected chi connectivity index (χ3v) is 2.68. The van der Waals surface area contributed by atoms with Gasteiger partial charge in [0.25, 0.3) is 0 Å². The summed E-state index contributed by atoms with van der Waals surface area (Å²) in [6.45, 7) is 1.38. The van der Waals surface area contributed by atoms with Crippen molar-refractivity contribution in [2.45, 2.75) is 25.3 Å². The summed E-state index contributed by atoms with van der Waals surface area (Å²) in [5.41, 5.74) is 0. The highest BCUT2D eigenvalue weighted by molar-refractivity contribution is 14.0. The summed E-state index contributed by atoms with van der Waals surface area (Å²) in [6, 6.07) is 0.972. The zero-order valence-electron chi connectivity index (χ0n) is 5.84. The van der Waals surface area contributed by atoms with Crippen LogP contribution < -0.4 is 0 Å². The van der Waals surface area contributed by atoms with Crippen molar-refractivity contribution >= 4 is 24.0 Å². The summed E-state index contributed by atoms with van der Waals surface area (Å²) in [6.07, 6.45) is 4.48. The average Bonchev–Trinajstić information content (AvgIpc) is 2.23. The maximum Gasteiger partial charge on any atom is 0.00955 e. The Hall–Kier alpha value is 0.690. The molecule has 2 heteroatoms. The Kier molecular flexibility index (Phi) is 2.37. The SMILES string of the molecule is CN1CC2CC[C@H]1C2.I. The molecule has 2 fully saturated rings. The molecule has 0 N–H and O–H groups in total.